The Kier molecular flexibility index (Phi) is 3.53. The molecule has 1 N–H and O–H groups in total. The number of anilines is 2. The van der Waals surface area contributed by atoms with Gasteiger partial charge < -0.3 is 10.2 Å². The van der Waals surface area contributed by atoms with Crippen LogP contribution in [0.2, 0.25) is 0 Å². The van der Waals surface area contributed by atoms with Crippen LogP contribution in [0.25, 0.3) is 0 Å². The van der Waals surface area contributed by atoms with Gasteiger partial charge in [-0.2, -0.15) is 0 Å². The second-order valence-electron chi connectivity index (χ2n) is 6.16. The van der Waals surface area contributed by atoms with Gasteiger partial charge in [0.05, 0.1) is 0 Å². The summed E-state index contributed by atoms with van der Waals surface area (Å²) in [6, 6.07) is 9.27. The van der Waals surface area contributed by atoms with E-state index in [2.05, 4.69) is 60.4 Å². The van der Waals surface area contributed by atoms with E-state index in [1.165, 1.54) is 24.0 Å². The van der Waals surface area contributed by atoms with E-state index < -0.39 is 0 Å². The molecule has 4 rings (SSSR count). The normalized spacial score (nSPS) is 17.3. The number of nitrogens with zero attached hydrogens (tertiary/aromatic N) is 3. The van der Waals surface area contributed by atoms with Gasteiger partial charge in [0.15, 0.2) is 0 Å². The van der Waals surface area contributed by atoms with Crippen molar-refractivity contribution in [3.63, 3.8) is 0 Å². The fourth-order valence-electron chi connectivity index (χ4n) is 2.94. The van der Waals surface area contributed by atoms with Crippen LogP contribution in [0.5, 0.6) is 0 Å². The summed E-state index contributed by atoms with van der Waals surface area (Å²) in [5, 5.41) is 3.48. The number of hydrogen-bond acceptors (Lipinski definition) is 4. The van der Waals surface area contributed by atoms with Gasteiger partial charge in [0.2, 0.25) is 0 Å². The first kappa shape index (κ1) is 14.0. The van der Waals surface area contributed by atoms with E-state index in [-0.39, 0.29) is 0 Å². The van der Waals surface area contributed by atoms with Crippen LogP contribution in [0, 0.1) is 6.92 Å². The van der Waals surface area contributed by atoms with Crippen molar-refractivity contribution in [2.45, 2.75) is 38.8 Å². The number of nitrogens with one attached hydrogen (secondary N) is 1. The number of rotatable bonds is 3. The van der Waals surface area contributed by atoms with Gasteiger partial charge in [-0.15, -0.1) is 0 Å². The largest absolute Gasteiger partial charge is 0.367 e. The van der Waals surface area contributed by atoms with E-state index in [1.54, 1.807) is 0 Å². The number of benzene rings is 1. The van der Waals surface area contributed by atoms with Crippen molar-refractivity contribution in [2.24, 2.45) is 0 Å². The molecule has 4 nitrogen and oxygen atoms in total. The van der Waals surface area contributed by atoms with Crippen LogP contribution >= 0.6 is 15.9 Å². The van der Waals surface area contributed by atoms with Crippen molar-refractivity contribution in [3.05, 3.63) is 45.7 Å². The standard InChI is InChI=1S/C17H19BrN4/c1-11-19-16(21-15-4-5-15)9-17(20-11)22-7-6-12-8-14(18)3-2-13(12)10-22/h2-3,8-9,15H,4-7,10H2,1H3,(H,19,20,21). The molecule has 2 aromatic rings. The monoisotopic (exact) mass is 358 g/mol. The summed E-state index contributed by atoms with van der Waals surface area (Å²) in [6.45, 7) is 3.89. The lowest BCUT2D eigenvalue weighted by molar-refractivity contribution is 0.716. The average molecular weight is 359 g/mol. The smallest absolute Gasteiger partial charge is 0.134 e. The molecule has 5 heteroatoms. The van der Waals surface area contributed by atoms with Crippen molar-refractivity contribution >= 4 is 27.6 Å². The van der Waals surface area contributed by atoms with Gasteiger partial charge in [-0.05, 0) is 49.4 Å². The summed E-state index contributed by atoms with van der Waals surface area (Å²) in [5.41, 5.74) is 2.83. The lowest BCUT2D eigenvalue weighted by Crippen LogP contribution is -2.31. The highest BCUT2D eigenvalue weighted by molar-refractivity contribution is 9.10. The zero-order valence-corrected chi connectivity index (χ0v) is 14.2. The molecule has 1 fully saturated rings. The molecule has 114 valence electrons. The molecule has 1 aliphatic heterocycles. The predicted octanol–water partition coefficient (Wildman–Crippen LogP) is 3.68. The van der Waals surface area contributed by atoms with Crippen LogP contribution in [-0.2, 0) is 13.0 Å². The Morgan fingerprint density at radius 1 is 1.18 bits per heavy atom. The van der Waals surface area contributed by atoms with Crippen LogP contribution < -0.4 is 10.2 Å². The van der Waals surface area contributed by atoms with E-state index in [0.717, 1.165) is 41.4 Å². The van der Waals surface area contributed by atoms with Crippen LogP contribution in [-0.4, -0.2) is 22.6 Å². The summed E-state index contributed by atoms with van der Waals surface area (Å²) in [6.07, 6.45) is 3.57. The molecule has 1 aromatic heterocycles. The van der Waals surface area contributed by atoms with E-state index >= 15 is 0 Å². The van der Waals surface area contributed by atoms with Gasteiger partial charge >= 0.3 is 0 Å². The van der Waals surface area contributed by atoms with E-state index in [4.69, 9.17) is 0 Å². The number of aromatic nitrogens is 2. The molecule has 22 heavy (non-hydrogen) atoms. The minimum Gasteiger partial charge on any atom is -0.367 e. The Morgan fingerprint density at radius 3 is 2.86 bits per heavy atom. The zero-order chi connectivity index (χ0) is 15.1. The third-order valence-electron chi connectivity index (χ3n) is 4.26. The van der Waals surface area contributed by atoms with E-state index in [1.807, 2.05) is 6.92 Å². The van der Waals surface area contributed by atoms with Crippen molar-refractivity contribution in [1.29, 1.82) is 0 Å². The second-order valence-corrected chi connectivity index (χ2v) is 7.08. The number of halogens is 1. The number of aryl methyl sites for hydroxylation is 1. The van der Waals surface area contributed by atoms with Crippen molar-refractivity contribution in [2.75, 3.05) is 16.8 Å². The highest BCUT2D eigenvalue weighted by Gasteiger charge is 2.23. The summed E-state index contributed by atoms with van der Waals surface area (Å²) in [4.78, 5) is 11.5. The summed E-state index contributed by atoms with van der Waals surface area (Å²) in [5.74, 6) is 2.83. The minimum atomic E-state index is 0.613. The zero-order valence-electron chi connectivity index (χ0n) is 12.6. The van der Waals surface area contributed by atoms with Crippen LogP contribution in [0.15, 0.2) is 28.7 Å². The molecular weight excluding hydrogens is 340 g/mol. The van der Waals surface area contributed by atoms with Crippen molar-refractivity contribution in [1.82, 2.24) is 9.97 Å². The summed E-state index contributed by atoms with van der Waals surface area (Å²) < 4.78 is 1.16. The quantitative estimate of drug-likeness (QED) is 0.908. The van der Waals surface area contributed by atoms with E-state index in [0.29, 0.717) is 6.04 Å². The number of fused-ring (bicyclic) bond motifs is 1. The Morgan fingerprint density at radius 2 is 2.05 bits per heavy atom. The molecule has 1 saturated carbocycles. The molecule has 1 aromatic carbocycles. The maximum Gasteiger partial charge on any atom is 0.134 e. The first-order valence-electron chi connectivity index (χ1n) is 7.82. The highest BCUT2D eigenvalue weighted by atomic mass is 79.9. The minimum absolute atomic E-state index is 0.613. The highest BCUT2D eigenvalue weighted by Crippen LogP contribution is 2.28. The molecule has 0 spiro atoms. The molecule has 0 radical (unpaired) electrons. The van der Waals surface area contributed by atoms with Crippen molar-refractivity contribution in [3.8, 4) is 0 Å². The summed E-state index contributed by atoms with van der Waals surface area (Å²) >= 11 is 3.56. The lowest BCUT2D eigenvalue weighted by atomic mass is 10.00. The molecular formula is C17H19BrN4. The Labute approximate surface area is 139 Å². The topological polar surface area (TPSA) is 41.1 Å². The Balaban J connectivity index is 1.59. The van der Waals surface area contributed by atoms with Crippen LogP contribution in [0.1, 0.15) is 29.8 Å². The molecule has 0 bridgehead atoms. The molecule has 0 atom stereocenters. The molecule has 0 saturated heterocycles. The van der Waals surface area contributed by atoms with Gasteiger partial charge in [0.1, 0.15) is 17.5 Å². The molecule has 0 amide bonds. The maximum absolute atomic E-state index is 4.64. The van der Waals surface area contributed by atoms with Gasteiger partial charge in [-0.3, -0.25) is 0 Å². The maximum atomic E-state index is 4.64. The Bertz CT molecular complexity index is 712. The Hall–Kier alpha value is -1.62. The van der Waals surface area contributed by atoms with Crippen molar-refractivity contribution < 1.29 is 0 Å². The average Bonchev–Trinajstić information content (AvgIpc) is 3.30. The van der Waals surface area contributed by atoms with Crippen LogP contribution in [0.3, 0.4) is 0 Å². The molecule has 0 unspecified atom stereocenters. The van der Waals surface area contributed by atoms with Gasteiger partial charge in [0.25, 0.3) is 0 Å². The first-order valence-corrected chi connectivity index (χ1v) is 8.61. The SMILES string of the molecule is Cc1nc(NC2CC2)cc(N2CCc3cc(Br)ccc3C2)n1. The molecule has 2 aliphatic rings. The van der Waals surface area contributed by atoms with Crippen LogP contribution in [0.4, 0.5) is 11.6 Å². The lowest BCUT2D eigenvalue weighted by Gasteiger charge is -2.30. The van der Waals surface area contributed by atoms with Gasteiger partial charge in [-0.25, -0.2) is 9.97 Å². The predicted molar refractivity (Wildman–Crippen MR) is 92.3 cm³/mol. The fraction of sp³-hybridized carbons (Fsp3) is 0.412. The van der Waals surface area contributed by atoms with E-state index in [9.17, 15) is 0 Å². The van der Waals surface area contributed by atoms with Gasteiger partial charge in [0, 0.05) is 29.7 Å². The second kappa shape index (κ2) is 5.54. The summed E-state index contributed by atoms with van der Waals surface area (Å²) in [7, 11) is 0. The molecule has 1 aliphatic carbocycles. The first-order chi connectivity index (χ1) is 10.7. The third-order valence-corrected chi connectivity index (χ3v) is 4.75. The fourth-order valence-corrected chi connectivity index (χ4v) is 3.35. The molecule has 2 heterocycles. The third kappa shape index (κ3) is 2.95. The van der Waals surface area contributed by atoms with Gasteiger partial charge in [-0.1, -0.05) is 22.0 Å². The number of hydrogen-bond donors (Lipinski definition) is 1.